The Balaban J connectivity index is -0.00000168. The van der Waals surface area contributed by atoms with Gasteiger partial charge in [0.1, 0.15) is 0 Å². The summed E-state index contributed by atoms with van der Waals surface area (Å²) in [5.41, 5.74) is 0. The normalized spacial score (nSPS) is 12.2. The summed E-state index contributed by atoms with van der Waals surface area (Å²) in [6.45, 7) is 8.95. The number of hydrogen-bond donors (Lipinski definition) is 4. The first-order valence-corrected chi connectivity index (χ1v) is 44.2. The number of carbonyl (C=O) groups excluding carboxylic acids is 2. The quantitative estimate of drug-likeness (QED) is 0.0252. The summed E-state index contributed by atoms with van der Waals surface area (Å²) >= 11 is 0. The number of carboxylic acid groups (broad SMARTS) is 2. The smallest absolute Gasteiger partial charge is 0.550 e. The van der Waals surface area contributed by atoms with Crippen molar-refractivity contribution in [3.05, 3.63) is 0 Å². The number of carbonyl (C=O) groups is 2. The van der Waals surface area contributed by atoms with Gasteiger partial charge in [0.05, 0.1) is 35.3 Å². The van der Waals surface area contributed by atoms with Crippen molar-refractivity contribution in [1.29, 1.82) is 0 Å². The van der Waals surface area contributed by atoms with Crippen LogP contribution in [0.2, 0.25) is 0 Å². The third-order valence-electron chi connectivity index (χ3n) is 17.1. The maximum absolute atomic E-state index is 12.6. The Morgan fingerprint density at radius 2 is 0.341 bits per heavy atom. The zero-order valence-corrected chi connectivity index (χ0v) is 66.9. The summed E-state index contributed by atoms with van der Waals surface area (Å²) in [6.07, 6.45) is 60.5. The molecule has 91 heavy (non-hydrogen) atoms. The summed E-state index contributed by atoms with van der Waals surface area (Å²) in [5.74, 6) is -3.66. The minimum absolute atomic E-state index is 0. The van der Waals surface area contributed by atoms with Crippen LogP contribution in [0.25, 0.3) is 0 Å². The molecule has 0 aliphatic carbocycles. The first kappa shape index (κ1) is 95.3. The molecule has 0 rings (SSSR count). The molecule has 0 heterocycles. The largest absolute Gasteiger partial charge is 2.00 e. The average molecular weight is 1500 g/mol. The molecule has 0 fully saturated rings. The van der Waals surface area contributed by atoms with Gasteiger partial charge in [-0.1, -0.05) is 362 Å². The molecular formula is C70H142BaN4O12S4. The van der Waals surface area contributed by atoms with Crippen molar-refractivity contribution in [2.45, 2.75) is 412 Å². The zero-order valence-electron chi connectivity index (χ0n) is 59.2. The van der Waals surface area contributed by atoms with E-state index in [4.69, 9.17) is 0 Å². The minimum Gasteiger partial charge on any atom is -0.550 e. The van der Waals surface area contributed by atoms with Crippen LogP contribution < -0.4 is 29.1 Å². The van der Waals surface area contributed by atoms with Crippen LogP contribution in [-0.4, -0.2) is 130 Å². The van der Waals surface area contributed by atoms with Crippen molar-refractivity contribution in [2.75, 3.05) is 23.0 Å². The van der Waals surface area contributed by atoms with E-state index in [2.05, 4.69) is 46.6 Å². The molecular weight excluding hydrogens is 1350 g/mol. The molecule has 0 unspecified atom stereocenters. The van der Waals surface area contributed by atoms with E-state index >= 15 is 0 Å². The van der Waals surface area contributed by atoms with Gasteiger partial charge in [-0.15, -0.1) is 0 Å². The second-order valence-electron chi connectivity index (χ2n) is 26.4. The van der Waals surface area contributed by atoms with Crippen LogP contribution in [-0.2, 0) is 49.7 Å². The van der Waals surface area contributed by atoms with E-state index in [0.29, 0.717) is 25.7 Å². The predicted octanol–water partition coefficient (Wildman–Crippen LogP) is 16.1. The molecule has 0 aromatic carbocycles. The second-order valence-corrected chi connectivity index (χ2v) is 33.9. The molecule has 4 N–H and O–H groups in total. The average Bonchev–Trinajstić information content (AvgIpc) is 3.04. The number of nitrogens with one attached hydrogen (secondary N) is 4. The summed E-state index contributed by atoms with van der Waals surface area (Å²) < 4.78 is 109. The number of aliphatic carboxylic acids is 2. The third kappa shape index (κ3) is 75.8. The van der Waals surface area contributed by atoms with E-state index in [1.165, 1.54) is 231 Å². The van der Waals surface area contributed by atoms with E-state index < -0.39 is 77.2 Å². The Labute approximate surface area is 603 Å². The van der Waals surface area contributed by atoms with Crippen molar-refractivity contribution in [1.82, 2.24) is 18.9 Å². The first-order valence-electron chi connectivity index (χ1n) is 37.6. The molecule has 16 nitrogen and oxygen atoms in total. The second kappa shape index (κ2) is 68.7. The van der Waals surface area contributed by atoms with Crippen LogP contribution in [0.3, 0.4) is 0 Å². The van der Waals surface area contributed by atoms with Crippen LogP contribution in [0.4, 0.5) is 0 Å². The topological polar surface area (TPSA) is 265 Å². The van der Waals surface area contributed by atoms with Gasteiger partial charge >= 0.3 is 48.9 Å². The summed E-state index contributed by atoms with van der Waals surface area (Å²) in [5, 5.41) is 22.4. The monoisotopic (exact) mass is 1500 g/mol. The Bertz CT molecular complexity index is 1790. The molecule has 0 atom stereocenters. The Morgan fingerprint density at radius 3 is 0.451 bits per heavy atom. The summed E-state index contributed by atoms with van der Waals surface area (Å²) in [7, 11) is -15.3. The maximum Gasteiger partial charge on any atom is 2.00 e. The van der Waals surface area contributed by atoms with Gasteiger partial charge < -0.3 is 19.8 Å². The maximum atomic E-state index is 12.6. The molecule has 0 amide bonds. The van der Waals surface area contributed by atoms with Gasteiger partial charge in [-0.05, 0) is 25.7 Å². The predicted molar refractivity (Wildman–Crippen MR) is 382 cm³/mol. The van der Waals surface area contributed by atoms with Crippen LogP contribution in [0.5, 0.6) is 0 Å². The van der Waals surface area contributed by atoms with Gasteiger partial charge in [0.25, 0.3) is 0 Å². The molecule has 0 aromatic rings. The van der Waals surface area contributed by atoms with Crippen LogP contribution in [0.15, 0.2) is 0 Å². The van der Waals surface area contributed by atoms with Gasteiger partial charge in [-0.2, -0.15) is 18.9 Å². The number of sulfonamides is 4. The number of carboxylic acids is 2. The van der Waals surface area contributed by atoms with Crippen molar-refractivity contribution in [3.8, 4) is 0 Å². The fraction of sp³-hybridized carbons (Fsp3) is 0.971. The molecule has 0 saturated heterocycles. The number of unbranched alkanes of at least 4 members (excludes halogenated alkanes) is 52. The molecule has 0 spiro atoms. The summed E-state index contributed by atoms with van der Waals surface area (Å²) in [6, 6.07) is 0. The summed E-state index contributed by atoms with van der Waals surface area (Å²) in [4.78, 5) is 22.4. The molecule has 21 heteroatoms. The minimum atomic E-state index is -3.83. The van der Waals surface area contributed by atoms with Gasteiger partial charge in [0.2, 0.25) is 40.1 Å². The first-order chi connectivity index (χ1) is 43.2. The van der Waals surface area contributed by atoms with Crippen molar-refractivity contribution in [2.24, 2.45) is 0 Å². The van der Waals surface area contributed by atoms with E-state index in [0.717, 1.165) is 103 Å². The molecule has 0 aromatic heterocycles. The Kier molecular flexibility index (Phi) is 71.9. The van der Waals surface area contributed by atoms with Crippen molar-refractivity contribution < 1.29 is 53.5 Å². The van der Waals surface area contributed by atoms with Crippen molar-refractivity contribution >= 4 is 101 Å². The van der Waals surface area contributed by atoms with Crippen LogP contribution in [0.1, 0.15) is 400 Å². The van der Waals surface area contributed by atoms with Crippen LogP contribution >= 0.6 is 0 Å². The van der Waals surface area contributed by atoms with Crippen LogP contribution in [0, 0.1) is 0 Å². The fourth-order valence-corrected chi connectivity index (χ4v) is 16.9. The standard InChI is InChI=1S/2C35H72N2O6S2.Ba/c2*1-3-5-7-9-11-13-15-17-19-21-23-25-27-29-31-44(40,41)36-34(33-35(38)39)37-45(42,43)32-30-28-26-24-22-20-18-16-14-12-10-8-6-4-2;/h2*34,36-37H,3-33H2,1-2H3,(H,38,39);/q;;+2/p-2. The van der Waals surface area contributed by atoms with E-state index in [-0.39, 0.29) is 71.9 Å². The van der Waals surface area contributed by atoms with E-state index in [9.17, 15) is 53.5 Å². The molecule has 0 saturated carbocycles. The van der Waals surface area contributed by atoms with Gasteiger partial charge in [0, 0.05) is 24.8 Å². The van der Waals surface area contributed by atoms with E-state index in [1.54, 1.807) is 0 Å². The Hall–Kier alpha value is 0.151. The van der Waals surface area contributed by atoms with E-state index in [1.807, 2.05) is 0 Å². The van der Waals surface area contributed by atoms with Crippen molar-refractivity contribution in [3.63, 3.8) is 0 Å². The van der Waals surface area contributed by atoms with Gasteiger partial charge in [-0.3, -0.25) is 0 Å². The van der Waals surface area contributed by atoms with Gasteiger partial charge in [-0.25, -0.2) is 33.7 Å². The molecule has 0 aliphatic rings. The molecule has 540 valence electrons. The third-order valence-corrected chi connectivity index (χ3v) is 23.0. The fourth-order valence-electron chi connectivity index (χ4n) is 11.6. The number of hydrogen-bond acceptors (Lipinski definition) is 12. The Morgan fingerprint density at radius 1 is 0.231 bits per heavy atom. The number of rotatable bonds is 72. The molecule has 0 aliphatic heterocycles. The van der Waals surface area contributed by atoms with Gasteiger partial charge in [0.15, 0.2) is 0 Å². The molecule has 0 bridgehead atoms. The SMILES string of the molecule is CCCCCCCCCCCCCCCCS(=O)(=O)NC(CC(=O)[O-])NS(=O)(=O)CCCCCCCCCCCCCCCC.CCCCCCCCCCCCCCCCS(=O)(=O)NC(CC(=O)[O-])NS(=O)(=O)CCCCCCCCCCCCCCCC.[Ba+2]. The zero-order chi connectivity index (χ0) is 67.0. The molecule has 0 radical (unpaired) electrons.